The van der Waals surface area contributed by atoms with Crippen molar-refractivity contribution in [1.82, 2.24) is 4.98 Å². The molecule has 0 radical (unpaired) electrons. The molecule has 0 aliphatic heterocycles. The van der Waals surface area contributed by atoms with Crippen LogP contribution in [0.1, 0.15) is 11.1 Å². The van der Waals surface area contributed by atoms with E-state index in [4.69, 9.17) is 16.3 Å². The van der Waals surface area contributed by atoms with Crippen molar-refractivity contribution >= 4 is 22.5 Å². The molecule has 3 heteroatoms. The van der Waals surface area contributed by atoms with Crippen molar-refractivity contribution in [3.8, 4) is 5.75 Å². The van der Waals surface area contributed by atoms with Gasteiger partial charge in [0.25, 0.3) is 0 Å². The number of fused-ring (bicyclic) bond motifs is 1. The van der Waals surface area contributed by atoms with Gasteiger partial charge in [-0.15, -0.1) is 11.6 Å². The number of benzene rings is 1. The van der Waals surface area contributed by atoms with Crippen molar-refractivity contribution in [1.29, 1.82) is 0 Å². The number of aromatic nitrogens is 1. The normalized spacial score (nSPS) is 10.8. The standard InChI is InChI=1S/C11H12ClNO/c1-7-10(14-2)4-3-9-11(7)8(5-12)6-13-9/h3-4,6,13H,5H2,1-2H3. The largest absolute Gasteiger partial charge is 0.496 e. The minimum atomic E-state index is 0.522. The van der Waals surface area contributed by atoms with Crippen LogP contribution >= 0.6 is 11.6 Å². The van der Waals surface area contributed by atoms with Crippen LogP contribution in [-0.4, -0.2) is 12.1 Å². The van der Waals surface area contributed by atoms with E-state index in [1.165, 1.54) is 5.39 Å². The minimum absolute atomic E-state index is 0.522. The Morgan fingerprint density at radius 2 is 2.21 bits per heavy atom. The summed E-state index contributed by atoms with van der Waals surface area (Å²) in [5, 5.41) is 1.18. The van der Waals surface area contributed by atoms with E-state index < -0.39 is 0 Å². The van der Waals surface area contributed by atoms with Crippen LogP contribution in [0.5, 0.6) is 5.75 Å². The number of rotatable bonds is 2. The van der Waals surface area contributed by atoms with Crippen molar-refractivity contribution in [3.63, 3.8) is 0 Å². The highest BCUT2D eigenvalue weighted by atomic mass is 35.5. The number of aryl methyl sites for hydroxylation is 1. The summed E-state index contributed by atoms with van der Waals surface area (Å²) >= 11 is 5.85. The van der Waals surface area contributed by atoms with Crippen LogP contribution in [0, 0.1) is 6.92 Å². The summed E-state index contributed by atoms with van der Waals surface area (Å²) in [5.74, 6) is 1.43. The van der Waals surface area contributed by atoms with Crippen LogP contribution in [0.15, 0.2) is 18.3 Å². The molecule has 0 amide bonds. The van der Waals surface area contributed by atoms with Gasteiger partial charge in [0.1, 0.15) is 5.75 Å². The number of halogens is 1. The van der Waals surface area contributed by atoms with Crippen molar-refractivity contribution < 1.29 is 4.74 Å². The predicted octanol–water partition coefficient (Wildman–Crippen LogP) is 3.22. The Labute approximate surface area is 87.8 Å². The van der Waals surface area contributed by atoms with E-state index in [-0.39, 0.29) is 0 Å². The molecule has 0 spiro atoms. The number of hydrogen-bond acceptors (Lipinski definition) is 1. The maximum atomic E-state index is 5.85. The summed E-state index contributed by atoms with van der Waals surface area (Å²) in [6, 6.07) is 3.98. The summed E-state index contributed by atoms with van der Waals surface area (Å²) in [7, 11) is 1.68. The molecule has 0 atom stereocenters. The molecule has 1 aromatic heterocycles. The third-order valence-electron chi connectivity index (χ3n) is 2.50. The molecule has 14 heavy (non-hydrogen) atoms. The smallest absolute Gasteiger partial charge is 0.122 e. The van der Waals surface area contributed by atoms with Crippen LogP contribution in [-0.2, 0) is 5.88 Å². The lowest BCUT2D eigenvalue weighted by atomic mass is 10.1. The summed E-state index contributed by atoms with van der Waals surface area (Å²) in [5.41, 5.74) is 3.37. The van der Waals surface area contributed by atoms with Gasteiger partial charge < -0.3 is 9.72 Å². The van der Waals surface area contributed by atoms with Crippen LogP contribution in [0.2, 0.25) is 0 Å². The summed E-state index contributed by atoms with van der Waals surface area (Å²) in [4.78, 5) is 3.19. The molecule has 2 nitrogen and oxygen atoms in total. The van der Waals surface area contributed by atoms with E-state index >= 15 is 0 Å². The highest BCUT2D eigenvalue weighted by molar-refractivity contribution is 6.18. The monoisotopic (exact) mass is 209 g/mol. The quantitative estimate of drug-likeness (QED) is 0.755. The SMILES string of the molecule is COc1ccc2[nH]cc(CCl)c2c1C. The van der Waals surface area contributed by atoms with E-state index in [2.05, 4.69) is 4.98 Å². The Hall–Kier alpha value is -1.15. The number of H-pyrrole nitrogens is 1. The van der Waals surface area contributed by atoms with E-state index in [9.17, 15) is 0 Å². The summed E-state index contributed by atoms with van der Waals surface area (Å²) < 4.78 is 5.26. The topological polar surface area (TPSA) is 25.0 Å². The molecule has 74 valence electrons. The molecule has 0 aliphatic rings. The van der Waals surface area contributed by atoms with Gasteiger partial charge in [0.05, 0.1) is 7.11 Å². The van der Waals surface area contributed by atoms with Crippen molar-refractivity contribution in [2.45, 2.75) is 12.8 Å². The molecule has 0 aliphatic carbocycles. The second-order valence-corrected chi connectivity index (χ2v) is 3.53. The minimum Gasteiger partial charge on any atom is -0.496 e. The Morgan fingerprint density at radius 1 is 1.43 bits per heavy atom. The first-order chi connectivity index (χ1) is 6.77. The molecule has 1 heterocycles. The zero-order chi connectivity index (χ0) is 10.1. The summed E-state index contributed by atoms with van der Waals surface area (Å²) in [6.45, 7) is 2.05. The van der Waals surface area contributed by atoms with Gasteiger partial charge in [-0.25, -0.2) is 0 Å². The van der Waals surface area contributed by atoms with E-state index in [1.54, 1.807) is 7.11 Å². The fourth-order valence-corrected chi connectivity index (χ4v) is 2.00. The van der Waals surface area contributed by atoms with Gasteiger partial charge in [-0.1, -0.05) is 0 Å². The molecule has 1 N–H and O–H groups in total. The van der Waals surface area contributed by atoms with Gasteiger partial charge in [0, 0.05) is 28.5 Å². The number of nitrogens with one attached hydrogen (secondary N) is 1. The van der Waals surface area contributed by atoms with Gasteiger partial charge in [0.2, 0.25) is 0 Å². The second kappa shape index (κ2) is 3.54. The van der Waals surface area contributed by atoms with Crippen LogP contribution in [0.3, 0.4) is 0 Å². The van der Waals surface area contributed by atoms with Gasteiger partial charge in [0.15, 0.2) is 0 Å². The third kappa shape index (κ3) is 1.26. The Balaban J connectivity index is 2.77. The zero-order valence-corrected chi connectivity index (χ0v) is 8.98. The lowest BCUT2D eigenvalue weighted by Crippen LogP contribution is -1.88. The highest BCUT2D eigenvalue weighted by Gasteiger charge is 2.08. The average Bonchev–Trinajstić information content (AvgIpc) is 2.62. The highest BCUT2D eigenvalue weighted by Crippen LogP contribution is 2.29. The lowest BCUT2D eigenvalue weighted by molar-refractivity contribution is 0.412. The number of alkyl halides is 1. The number of ether oxygens (including phenoxy) is 1. The molecule has 0 unspecified atom stereocenters. The van der Waals surface area contributed by atoms with Gasteiger partial charge in [-0.05, 0) is 24.6 Å². The average molecular weight is 210 g/mol. The summed E-state index contributed by atoms with van der Waals surface area (Å²) in [6.07, 6.45) is 1.95. The number of methoxy groups -OCH3 is 1. The molecule has 0 saturated heterocycles. The lowest BCUT2D eigenvalue weighted by Gasteiger charge is -2.06. The van der Waals surface area contributed by atoms with Gasteiger partial charge in [-0.3, -0.25) is 0 Å². The molecule has 0 fully saturated rings. The van der Waals surface area contributed by atoms with Crippen LogP contribution in [0.4, 0.5) is 0 Å². The fourth-order valence-electron chi connectivity index (χ4n) is 1.79. The first kappa shape index (κ1) is 9.41. The fraction of sp³-hybridized carbons (Fsp3) is 0.273. The predicted molar refractivity (Wildman–Crippen MR) is 59.1 cm³/mol. The van der Waals surface area contributed by atoms with Gasteiger partial charge in [-0.2, -0.15) is 0 Å². The van der Waals surface area contributed by atoms with E-state index in [0.29, 0.717) is 5.88 Å². The number of aromatic amines is 1. The molecule has 1 aromatic carbocycles. The maximum Gasteiger partial charge on any atom is 0.122 e. The van der Waals surface area contributed by atoms with Crippen molar-refractivity contribution in [2.75, 3.05) is 7.11 Å². The van der Waals surface area contributed by atoms with Crippen LogP contribution in [0.25, 0.3) is 10.9 Å². The Kier molecular flexibility index (Phi) is 2.38. The van der Waals surface area contributed by atoms with Crippen LogP contribution < -0.4 is 4.74 Å². The zero-order valence-electron chi connectivity index (χ0n) is 8.23. The molecular formula is C11H12ClNO. The Bertz CT molecular complexity index is 462. The number of hydrogen-bond donors (Lipinski definition) is 1. The third-order valence-corrected chi connectivity index (χ3v) is 2.79. The van der Waals surface area contributed by atoms with E-state index in [0.717, 1.165) is 22.4 Å². The van der Waals surface area contributed by atoms with Gasteiger partial charge >= 0.3 is 0 Å². The molecule has 2 aromatic rings. The maximum absolute atomic E-state index is 5.85. The molecule has 0 saturated carbocycles. The molecule has 2 rings (SSSR count). The molecule has 0 bridgehead atoms. The molecular weight excluding hydrogens is 198 g/mol. The first-order valence-corrected chi connectivity index (χ1v) is 5.01. The van der Waals surface area contributed by atoms with E-state index in [1.807, 2.05) is 25.3 Å². The Morgan fingerprint density at radius 3 is 2.86 bits per heavy atom. The first-order valence-electron chi connectivity index (χ1n) is 4.47. The second-order valence-electron chi connectivity index (χ2n) is 3.26. The van der Waals surface area contributed by atoms with Crippen molar-refractivity contribution in [3.05, 3.63) is 29.5 Å². The van der Waals surface area contributed by atoms with Crippen molar-refractivity contribution in [2.24, 2.45) is 0 Å².